The number of ether oxygens (including phenoxy) is 2. The van der Waals surface area contributed by atoms with E-state index in [0.29, 0.717) is 13.0 Å². The largest absolute Gasteiger partial charge is 0.396 e. The Hall–Kier alpha value is -0.420. The van der Waals surface area contributed by atoms with E-state index < -0.39 is 5.79 Å². The van der Waals surface area contributed by atoms with Crippen molar-refractivity contribution in [1.82, 2.24) is 0 Å². The number of benzene rings is 1. The summed E-state index contributed by atoms with van der Waals surface area (Å²) in [5.41, 5.74) is 1.18. The SMILES string of the molecule is CC1(Cc2ccc(Br)cc2)OCC(CCO)O1. The molecule has 1 aromatic rings. The molecule has 1 heterocycles. The summed E-state index contributed by atoms with van der Waals surface area (Å²) in [6.07, 6.45) is 1.37. The molecule has 94 valence electrons. The number of rotatable bonds is 4. The van der Waals surface area contributed by atoms with Gasteiger partial charge in [-0.25, -0.2) is 0 Å². The van der Waals surface area contributed by atoms with Crippen LogP contribution in [-0.2, 0) is 15.9 Å². The zero-order chi connectivity index (χ0) is 12.3. The van der Waals surface area contributed by atoms with E-state index in [1.165, 1.54) is 5.56 Å². The second-order valence-corrected chi connectivity index (χ2v) is 5.42. The van der Waals surface area contributed by atoms with Crippen LogP contribution in [0.1, 0.15) is 18.9 Å². The van der Waals surface area contributed by atoms with Crippen molar-refractivity contribution >= 4 is 15.9 Å². The third kappa shape index (κ3) is 3.52. The van der Waals surface area contributed by atoms with Gasteiger partial charge in [0, 0.05) is 17.5 Å². The Morgan fingerprint density at radius 2 is 2.12 bits per heavy atom. The first-order valence-electron chi connectivity index (χ1n) is 5.78. The van der Waals surface area contributed by atoms with Gasteiger partial charge in [0.05, 0.1) is 12.7 Å². The topological polar surface area (TPSA) is 38.7 Å². The van der Waals surface area contributed by atoms with Crippen molar-refractivity contribution < 1.29 is 14.6 Å². The van der Waals surface area contributed by atoms with Gasteiger partial charge < -0.3 is 14.6 Å². The first kappa shape index (κ1) is 13.0. The third-order valence-corrected chi connectivity index (χ3v) is 3.41. The van der Waals surface area contributed by atoms with Crippen molar-refractivity contribution in [2.24, 2.45) is 0 Å². The minimum absolute atomic E-state index is 0.0143. The molecule has 3 nitrogen and oxygen atoms in total. The van der Waals surface area contributed by atoms with E-state index in [1.54, 1.807) is 0 Å². The highest BCUT2D eigenvalue weighted by Crippen LogP contribution is 2.28. The molecule has 4 heteroatoms. The lowest BCUT2D eigenvalue weighted by molar-refractivity contribution is -0.153. The summed E-state index contributed by atoms with van der Waals surface area (Å²) in [7, 11) is 0. The Morgan fingerprint density at radius 3 is 2.76 bits per heavy atom. The smallest absolute Gasteiger partial charge is 0.170 e. The maximum atomic E-state index is 8.88. The molecule has 1 aromatic carbocycles. The van der Waals surface area contributed by atoms with Crippen molar-refractivity contribution in [3.05, 3.63) is 34.3 Å². The highest BCUT2D eigenvalue weighted by Gasteiger charge is 2.36. The molecule has 1 saturated heterocycles. The van der Waals surface area contributed by atoms with Crippen molar-refractivity contribution in [2.45, 2.75) is 31.7 Å². The zero-order valence-electron chi connectivity index (χ0n) is 9.86. The molecule has 1 aliphatic rings. The Morgan fingerprint density at radius 1 is 1.41 bits per heavy atom. The highest BCUT2D eigenvalue weighted by molar-refractivity contribution is 9.10. The van der Waals surface area contributed by atoms with Crippen LogP contribution in [0.25, 0.3) is 0 Å². The van der Waals surface area contributed by atoms with Crippen LogP contribution >= 0.6 is 15.9 Å². The second kappa shape index (κ2) is 5.48. The van der Waals surface area contributed by atoms with Crippen LogP contribution in [0.4, 0.5) is 0 Å². The molecular weight excluding hydrogens is 284 g/mol. The Kier molecular flexibility index (Phi) is 4.20. The van der Waals surface area contributed by atoms with Gasteiger partial charge in [-0.3, -0.25) is 0 Å². The molecule has 2 atom stereocenters. The van der Waals surface area contributed by atoms with Crippen LogP contribution in [0, 0.1) is 0 Å². The lowest BCUT2D eigenvalue weighted by atomic mass is 10.1. The van der Waals surface area contributed by atoms with E-state index >= 15 is 0 Å². The van der Waals surface area contributed by atoms with Crippen molar-refractivity contribution in [3.63, 3.8) is 0 Å². The lowest BCUT2D eigenvalue weighted by Crippen LogP contribution is -2.29. The molecule has 2 unspecified atom stereocenters. The molecule has 0 aliphatic carbocycles. The van der Waals surface area contributed by atoms with Gasteiger partial charge in [-0.1, -0.05) is 28.1 Å². The lowest BCUT2D eigenvalue weighted by Gasteiger charge is -2.23. The van der Waals surface area contributed by atoms with Crippen LogP contribution in [0.2, 0.25) is 0 Å². The number of hydrogen-bond donors (Lipinski definition) is 1. The molecule has 0 radical (unpaired) electrons. The van der Waals surface area contributed by atoms with E-state index in [9.17, 15) is 0 Å². The molecule has 1 aliphatic heterocycles. The number of halogens is 1. The fourth-order valence-corrected chi connectivity index (χ4v) is 2.31. The molecule has 2 rings (SSSR count). The zero-order valence-corrected chi connectivity index (χ0v) is 11.4. The van der Waals surface area contributed by atoms with E-state index in [1.807, 2.05) is 19.1 Å². The van der Waals surface area contributed by atoms with Gasteiger partial charge in [-0.2, -0.15) is 0 Å². The first-order valence-corrected chi connectivity index (χ1v) is 6.58. The van der Waals surface area contributed by atoms with E-state index in [-0.39, 0.29) is 12.7 Å². The molecule has 0 amide bonds. The van der Waals surface area contributed by atoms with Crippen LogP contribution < -0.4 is 0 Å². The van der Waals surface area contributed by atoms with Crippen LogP contribution in [0.3, 0.4) is 0 Å². The maximum absolute atomic E-state index is 8.88. The van der Waals surface area contributed by atoms with Gasteiger partial charge >= 0.3 is 0 Å². The molecule has 0 spiro atoms. The molecule has 0 saturated carbocycles. The number of aliphatic hydroxyl groups excluding tert-OH is 1. The summed E-state index contributed by atoms with van der Waals surface area (Å²) >= 11 is 3.41. The second-order valence-electron chi connectivity index (χ2n) is 4.50. The maximum Gasteiger partial charge on any atom is 0.170 e. The Balaban J connectivity index is 1.96. The predicted molar refractivity (Wildman–Crippen MR) is 68.8 cm³/mol. The Bertz CT molecular complexity index is 365. The summed E-state index contributed by atoms with van der Waals surface area (Å²) < 4.78 is 12.6. The molecule has 17 heavy (non-hydrogen) atoms. The molecule has 0 aromatic heterocycles. The minimum atomic E-state index is -0.562. The minimum Gasteiger partial charge on any atom is -0.396 e. The van der Waals surface area contributed by atoms with Crippen molar-refractivity contribution in [3.8, 4) is 0 Å². The molecule has 1 fully saturated rings. The molecule has 1 N–H and O–H groups in total. The van der Waals surface area contributed by atoms with Crippen molar-refractivity contribution in [1.29, 1.82) is 0 Å². The fraction of sp³-hybridized carbons (Fsp3) is 0.538. The third-order valence-electron chi connectivity index (χ3n) is 2.88. The monoisotopic (exact) mass is 300 g/mol. The first-order chi connectivity index (χ1) is 8.11. The highest BCUT2D eigenvalue weighted by atomic mass is 79.9. The van der Waals surface area contributed by atoms with E-state index in [0.717, 1.165) is 10.9 Å². The summed E-state index contributed by atoms with van der Waals surface area (Å²) in [4.78, 5) is 0. The van der Waals surface area contributed by atoms with Gasteiger partial charge in [-0.15, -0.1) is 0 Å². The van der Waals surface area contributed by atoms with E-state index in [4.69, 9.17) is 14.6 Å². The normalized spacial score (nSPS) is 28.5. The summed E-state index contributed by atoms with van der Waals surface area (Å²) in [6, 6.07) is 8.14. The van der Waals surface area contributed by atoms with Crippen LogP contribution in [0.15, 0.2) is 28.7 Å². The van der Waals surface area contributed by atoms with Gasteiger partial charge in [0.2, 0.25) is 0 Å². The fourth-order valence-electron chi connectivity index (χ4n) is 2.04. The Labute approximate surface area is 110 Å². The van der Waals surface area contributed by atoms with Gasteiger partial charge in [0.25, 0.3) is 0 Å². The molecule has 0 bridgehead atoms. The number of hydrogen-bond acceptors (Lipinski definition) is 3. The predicted octanol–water partition coefficient (Wildman–Crippen LogP) is 2.51. The van der Waals surface area contributed by atoms with Crippen LogP contribution in [0.5, 0.6) is 0 Å². The van der Waals surface area contributed by atoms with Gasteiger partial charge in [0.15, 0.2) is 5.79 Å². The quantitative estimate of drug-likeness (QED) is 0.928. The number of aliphatic hydroxyl groups is 1. The summed E-state index contributed by atoms with van der Waals surface area (Å²) in [5.74, 6) is -0.562. The van der Waals surface area contributed by atoms with Gasteiger partial charge in [-0.05, 0) is 31.0 Å². The molecular formula is C13H17BrO3. The van der Waals surface area contributed by atoms with Crippen molar-refractivity contribution in [2.75, 3.05) is 13.2 Å². The average molecular weight is 301 g/mol. The van der Waals surface area contributed by atoms with E-state index in [2.05, 4.69) is 28.1 Å². The summed E-state index contributed by atoms with van der Waals surface area (Å²) in [5, 5.41) is 8.88. The average Bonchev–Trinajstić information content (AvgIpc) is 2.64. The van der Waals surface area contributed by atoms with Gasteiger partial charge in [0.1, 0.15) is 0 Å². The van der Waals surface area contributed by atoms with Crippen LogP contribution in [-0.4, -0.2) is 30.2 Å². The summed E-state index contributed by atoms with van der Waals surface area (Å²) in [6.45, 7) is 2.66. The standard InChI is InChI=1S/C13H17BrO3/c1-13(16-9-12(17-13)6-7-15)8-10-2-4-11(14)5-3-10/h2-5,12,15H,6-9H2,1H3.